The standard InChI is InChI=1S/C10H14FNO.ClH/c1-2-7(12)6-8-9(11)4-3-5-10(8)13;/h3-5,7,13H,2,6,12H2,1H3;1H. The second-order valence-corrected chi connectivity index (χ2v) is 3.11. The number of hydrogen-bond donors (Lipinski definition) is 2. The van der Waals surface area contributed by atoms with E-state index >= 15 is 0 Å². The van der Waals surface area contributed by atoms with Gasteiger partial charge in [-0.3, -0.25) is 0 Å². The quantitative estimate of drug-likeness (QED) is 0.819. The molecule has 0 bridgehead atoms. The van der Waals surface area contributed by atoms with Gasteiger partial charge < -0.3 is 10.8 Å². The summed E-state index contributed by atoms with van der Waals surface area (Å²) in [6, 6.07) is 4.19. The van der Waals surface area contributed by atoms with Crippen LogP contribution in [0, 0.1) is 5.82 Å². The van der Waals surface area contributed by atoms with E-state index in [1.807, 2.05) is 6.92 Å². The molecule has 0 aliphatic carbocycles. The summed E-state index contributed by atoms with van der Waals surface area (Å²) in [6.07, 6.45) is 1.16. The van der Waals surface area contributed by atoms with E-state index in [1.54, 1.807) is 0 Å². The lowest BCUT2D eigenvalue weighted by molar-refractivity contribution is 0.453. The van der Waals surface area contributed by atoms with E-state index in [0.717, 1.165) is 6.42 Å². The van der Waals surface area contributed by atoms with E-state index in [2.05, 4.69) is 0 Å². The monoisotopic (exact) mass is 219 g/mol. The molecule has 4 heteroatoms. The number of aromatic hydroxyl groups is 1. The molecule has 0 saturated carbocycles. The van der Waals surface area contributed by atoms with E-state index < -0.39 is 0 Å². The third-order valence-electron chi connectivity index (χ3n) is 2.08. The van der Waals surface area contributed by atoms with Crippen molar-refractivity contribution in [3.63, 3.8) is 0 Å². The highest BCUT2D eigenvalue weighted by molar-refractivity contribution is 5.85. The Morgan fingerprint density at radius 1 is 1.50 bits per heavy atom. The van der Waals surface area contributed by atoms with Crippen LogP contribution in [0.3, 0.4) is 0 Å². The summed E-state index contributed by atoms with van der Waals surface area (Å²) in [7, 11) is 0. The summed E-state index contributed by atoms with van der Waals surface area (Å²) in [6.45, 7) is 1.93. The molecule has 1 atom stereocenters. The van der Waals surface area contributed by atoms with Gasteiger partial charge in [0.15, 0.2) is 0 Å². The second-order valence-electron chi connectivity index (χ2n) is 3.11. The highest BCUT2D eigenvalue weighted by atomic mass is 35.5. The molecule has 0 aromatic heterocycles. The topological polar surface area (TPSA) is 46.2 Å². The Kier molecular flexibility index (Phi) is 5.50. The maximum atomic E-state index is 13.1. The predicted octanol–water partition coefficient (Wildman–Crippen LogP) is 2.23. The Morgan fingerprint density at radius 2 is 2.14 bits per heavy atom. The Bertz CT molecular complexity index is 273. The first-order valence-electron chi connectivity index (χ1n) is 4.37. The van der Waals surface area contributed by atoms with E-state index in [9.17, 15) is 9.50 Å². The van der Waals surface area contributed by atoms with Gasteiger partial charge in [0.25, 0.3) is 0 Å². The molecule has 0 aliphatic heterocycles. The van der Waals surface area contributed by atoms with Crippen molar-refractivity contribution in [2.45, 2.75) is 25.8 Å². The summed E-state index contributed by atoms with van der Waals surface area (Å²) in [5.74, 6) is -0.396. The van der Waals surface area contributed by atoms with E-state index in [1.165, 1.54) is 18.2 Å². The minimum absolute atomic E-state index is 0. The van der Waals surface area contributed by atoms with E-state index in [4.69, 9.17) is 5.73 Å². The average Bonchev–Trinajstić information content (AvgIpc) is 2.11. The summed E-state index contributed by atoms with van der Waals surface area (Å²) >= 11 is 0. The van der Waals surface area contributed by atoms with Gasteiger partial charge in [0.05, 0.1) is 0 Å². The third-order valence-corrected chi connectivity index (χ3v) is 2.08. The fourth-order valence-electron chi connectivity index (χ4n) is 1.16. The Balaban J connectivity index is 0.00000169. The number of halogens is 2. The van der Waals surface area contributed by atoms with Crippen molar-refractivity contribution in [3.05, 3.63) is 29.6 Å². The number of nitrogens with two attached hydrogens (primary N) is 1. The number of phenols is 1. The van der Waals surface area contributed by atoms with Crippen LogP contribution in [0.25, 0.3) is 0 Å². The molecule has 0 amide bonds. The molecule has 1 unspecified atom stereocenters. The first-order chi connectivity index (χ1) is 6.15. The molecular formula is C10H15ClFNO. The van der Waals surface area contributed by atoms with Gasteiger partial charge in [-0.2, -0.15) is 0 Å². The van der Waals surface area contributed by atoms with Crippen LogP contribution in [0.5, 0.6) is 5.75 Å². The van der Waals surface area contributed by atoms with Crippen molar-refractivity contribution in [3.8, 4) is 5.75 Å². The molecule has 0 fully saturated rings. The lowest BCUT2D eigenvalue weighted by Gasteiger charge is -2.10. The normalized spacial score (nSPS) is 11.9. The Hall–Kier alpha value is -0.800. The molecule has 3 N–H and O–H groups in total. The fraction of sp³-hybridized carbons (Fsp3) is 0.400. The molecule has 0 radical (unpaired) electrons. The minimum atomic E-state index is -0.385. The van der Waals surface area contributed by atoms with Gasteiger partial charge in [-0.15, -0.1) is 12.4 Å². The summed E-state index contributed by atoms with van der Waals surface area (Å²) in [5, 5.41) is 9.34. The van der Waals surface area contributed by atoms with Crippen LogP contribution in [-0.2, 0) is 6.42 Å². The lowest BCUT2D eigenvalue weighted by Crippen LogP contribution is -2.22. The zero-order valence-corrected chi connectivity index (χ0v) is 8.85. The Morgan fingerprint density at radius 3 is 2.64 bits per heavy atom. The fourth-order valence-corrected chi connectivity index (χ4v) is 1.16. The highest BCUT2D eigenvalue weighted by Crippen LogP contribution is 2.21. The van der Waals surface area contributed by atoms with Crippen LogP contribution in [-0.4, -0.2) is 11.1 Å². The van der Waals surface area contributed by atoms with Crippen LogP contribution >= 0.6 is 12.4 Å². The molecule has 0 aliphatic rings. The smallest absolute Gasteiger partial charge is 0.130 e. The molecule has 1 aromatic carbocycles. The Labute approximate surface area is 89.3 Å². The van der Waals surface area contributed by atoms with Crippen LogP contribution in [0.1, 0.15) is 18.9 Å². The zero-order valence-electron chi connectivity index (χ0n) is 8.03. The molecule has 14 heavy (non-hydrogen) atoms. The van der Waals surface area contributed by atoms with Gasteiger partial charge in [0, 0.05) is 11.6 Å². The van der Waals surface area contributed by atoms with Crippen LogP contribution < -0.4 is 5.73 Å². The van der Waals surface area contributed by atoms with E-state index in [0.29, 0.717) is 12.0 Å². The maximum Gasteiger partial charge on any atom is 0.130 e. The SMILES string of the molecule is CCC(N)Cc1c(O)cccc1F.Cl. The molecule has 0 saturated heterocycles. The zero-order chi connectivity index (χ0) is 9.84. The molecule has 1 aromatic rings. The molecule has 0 heterocycles. The van der Waals surface area contributed by atoms with Crippen molar-refractivity contribution in [1.82, 2.24) is 0 Å². The van der Waals surface area contributed by atoms with Crippen LogP contribution in [0.15, 0.2) is 18.2 Å². The molecular weight excluding hydrogens is 205 g/mol. The third kappa shape index (κ3) is 3.16. The maximum absolute atomic E-state index is 13.1. The van der Waals surface area contributed by atoms with Crippen molar-refractivity contribution >= 4 is 12.4 Å². The van der Waals surface area contributed by atoms with Gasteiger partial charge >= 0.3 is 0 Å². The van der Waals surface area contributed by atoms with Gasteiger partial charge in [-0.1, -0.05) is 13.0 Å². The summed E-state index contributed by atoms with van der Waals surface area (Å²) in [5.41, 5.74) is 5.98. The number of hydrogen-bond acceptors (Lipinski definition) is 2. The molecule has 1 rings (SSSR count). The number of phenolic OH excluding ortho intramolecular Hbond substituents is 1. The van der Waals surface area contributed by atoms with Gasteiger partial charge in [0.2, 0.25) is 0 Å². The van der Waals surface area contributed by atoms with Crippen molar-refractivity contribution < 1.29 is 9.50 Å². The highest BCUT2D eigenvalue weighted by Gasteiger charge is 2.10. The summed E-state index contributed by atoms with van der Waals surface area (Å²) < 4.78 is 13.1. The first kappa shape index (κ1) is 13.2. The van der Waals surface area contributed by atoms with Gasteiger partial charge in [-0.05, 0) is 25.0 Å². The lowest BCUT2D eigenvalue weighted by atomic mass is 10.0. The van der Waals surface area contributed by atoms with Crippen LogP contribution in [0.2, 0.25) is 0 Å². The van der Waals surface area contributed by atoms with Gasteiger partial charge in [0.1, 0.15) is 11.6 Å². The van der Waals surface area contributed by atoms with Gasteiger partial charge in [-0.25, -0.2) is 4.39 Å². The average molecular weight is 220 g/mol. The number of benzene rings is 1. The van der Waals surface area contributed by atoms with Crippen molar-refractivity contribution in [2.75, 3.05) is 0 Å². The first-order valence-corrected chi connectivity index (χ1v) is 4.37. The molecule has 0 spiro atoms. The van der Waals surface area contributed by atoms with E-state index in [-0.39, 0.29) is 30.0 Å². The van der Waals surface area contributed by atoms with Crippen molar-refractivity contribution in [1.29, 1.82) is 0 Å². The largest absolute Gasteiger partial charge is 0.508 e. The molecule has 2 nitrogen and oxygen atoms in total. The minimum Gasteiger partial charge on any atom is -0.508 e. The predicted molar refractivity (Wildman–Crippen MR) is 57.3 cm³/mol. The summed E-state index contributed by atoms with van der Waals surface area (Å²) in [4.78, 5) is 0. The second kappa shape index (κ2) is 5.83. The number of rotatable bonds is 3. The van der Waals surface area contributed by atoms with Crippen LogP contribution in [0.4, 0.5) is 4.39 Å². The van der Waals surface area contributed by atoms with Crippen molar-refractivity contribution in [2.24, 2.45) is 5.73 Å². The molecule has 80 valence electrons.